The Kier molecular flexibility index (Phi) is 6.99. The molecule has 1 aromatic rings. The Morgan fingerprint density at radius 1 is 1.39 bits per heavy atom. The molecule has 1 unspecified atom stereocenters. The number of anilines is 1. The fraction of sp³-hybridized carbons (Fsp3) is 0.588. The third kappa shape index (κ3) is 5.92. The number of benzene rings is 1. The Labute approximate surface area is 142 Å². The zero-order chi connectivity index (χ0) is 16.7. The van der Waals surface area contributed by atoms with Crippen LogP contribution in [0, 0.1) is 5.92 Å². The monoisotopic (exact) mass is 340 g/mol. The first-order valence-corrected chi connectivity index (χ1v) is 8.52. The van der Waals surface area contributed by atoms with Crippen LogP contribution in [0.4, 0.5) is 5.69 Å². The van der Waals surface area contributed by atoms with Crippen LogP contribution in [0.15, 0.2) is 18.2 Å². The molecule has 128 valence electrons. The Bertz CT molecular complexity index is 521. The smallest absolute Gasteiger partial charge is 0.239 e. The van der Waals surface area contributed by atoms with Gasteiger partial charge in [0.25, 0.3) is 0 Å². The van der Waals surface area contributed by atoms with E-state index in [-0.39, 0.29) is 18.5 Å². The first-order valence-electron chi connectivity index (χ1n) is 8.14. The molecular weight excluding hydrogens is 316 g/mol. The molecule has 0 saturated heterocycles. The number of ether oxygens (including phenoxy) is 2. The largest absolute Gasteiger partial charge is 0.487 e. The Morgan fingerprint density at radius 2 is 2.17 bits per heavy atom. The molecule has 0 aromatic heterocycles. The highest BCUT2D eigenvalue weighted by molar-refractivity contribution is 6.32. The van der Waals surface area contributed by atoms with Crippen LogP contribution >= 0.6 is 11.6 Å². The third-order valence-electron chi connectivity index (χ3n) is 3.80. The SMILES string of the molecule is CCOCCOc1c(Cl)cccc1NCC(=O)NC(C)C1CC1. The lowest BCUT2D eigenvalue weighted by atomic mass is 10.2. The van der Waals surface area contributed by atoms with Gasteiger partial charge in [-0.05, 0) is 44.7 Å². The summed E-state index contributed by atoms with van der Waals surface area (Å²) in [6, 6.07) is 5.67. The van der Waals surface area contributed by atoms with Gasteiger partial charge >= 0.3 is 0 Å². The van der Waals surface area contributed by atoms with Crippen molar-refractivity contribution in [2.45, 2.75) is 32.7 Å². The molecule has 1 aliphatic rings. The second-order valence-electron chi connectivity index (χ2n) is 5.71. The fourth-order valence-electron chi connectivity index (χ4n) is 2.34. The van der Waals surface area contributed by atoms with Crippen molar-refractivity contribution in [1.82, 2.24) is 5.32 Å². The molecule has 1 aliphatic carbocycles. The number of nitrogens with one attached hydrogen (secondary N) is 2. The normalized spacial score (nSPS) is 15.1. The minimum absolute atomic E-state index is 0.0235. The van der Waals surface area contributed by atoms with Crippen LogP contribution in [0.5, 0.6) is 5.75 Å². The molecular formula is C17H25ClN2O3. The van der Waals surface area contributed by atoms with E-state index in [9.17, 15) is 4.79 Å². The van der Waals surface area contributed by atoms with Crippen LogP contribution in [-0.2, 0) is 9.53 Å². The lowest BCUT2D eigenvalue weighted by molar-refractivity contribution is -0.120. The van der Waals surface area contributed by atoms with Crippen molar-refractivity contribution < 1.29 is 14.3 Å². The summed E-state index contributed by atoms with van der Waals surface area (Å²) in [5, 5.41) is 6.62. The minimum Gasteiger partial charge on any atom is -0.487 e. The van der Waals surface area contributed by atoms with E-state index in [4.69, 9.17) is 21.1 Å². The van der Waals surface area contributed by atoms with Crippen molar-refractivity contribution in [2.75, 3.05) is 31.7 Å². The lowest BCUT2D eigenvalue weighted by Crippen LogP contribution is -2.37. The van der Waals surface area contributed by atoms with Gasteiger partial charge in [0.1, 0.15) is 6.61 Å². The van der Waals surface area contributed by atoms with Crippen LogP contribution in [0.3, 0.4) is 0 Å². The molecule has 0 radical (unpaired) electrons. The van der Waals surface area contributed by atoms with E-state index in [0.29, 0.717) is 42.2 Å². The molecule has 1 amide bonds. The second kappa shape index (κ2) is 8.99. The van der Waals surface area contributed by atoms with Gasteiger partial charge in [0.15, 0.2) is 5.75 Å². The molecule has 6 heteroatoms. The van der Waals surface area contributed by atoms with Crippen molar-refractivity contribution in [2.24, 2.45) is 5.92 Å². The predicted molar refractivity (Wildman–Crippen MR) is 92.3 cm³/mol. The van der Waals surface area contributed by atoms with E-state index in [1.807, 2.05) is 19.1 Å². The van der Waals surface area contributed by atoms with E-state index in [2.05, 4.69) is 17.6 Å². The van der Waals surface area contributed by atoms with Gasteiger partial charge < -0.3 is 20.1 Å². The summed E-state index contributed by atoms with van der Waals surface area (Å²) in [5.41, 5.74) is 0.711. The lowest BCUT2D eigenvalue weighted by Gasteiger charge is -2.16. The maximum atomic E-state index is 12.0. The first kappa shape index (κ1) is 17.9. The Balaban J connectivity index is 1.85. The highest BCUT2D eigenvalue weighted by atomic mass is 35.5. The fourth-order valence-corrected chi connectivity index (χ4v) is 2.57. The summed E-state index contributed by atoms with van der Waals surface area (Å²) in [6.07, 6.45) is 2.42. The average Bonchev–Trinajstić information content (AvgIpc) is 3.36. The quantitative estimate of drug-likeness (QED) is 0.643. The van der Waals surface area contributed by atoms with E-state index >= 15 is 0 Å². The van der Waals surface area contributed by atoms with Crippen LogP contribution < -0.4 is 15.4 Å². The van der Waals surface area contributed by atoms with Gasteiger partial charge in [0.2, 0.25) is 5.91 Å². The molecule has 2 N–H and O–H groups in total. The third-order valence-corrected chi connectivity index (χ3v) is 4.10. The number of hydrogen-bond donors (Lipinski definition) is 2. The summed E-state index contributed by atoms with van der Waals surface area (Å²) in [4.78, 5) is 12.0. The topological polar surface area (TPSA) is 59.6 Å². The Hall–Kier alpha value is -1.46. The number of amides is 1. The summed E-state index contributed by atoms with van der Waals surface area (Å²) < 4.78 is 10.9. The average molecular weight is 341 g/mol. The molecule has 0 spiro atoms. The molecule has 1 fully saturated rings. The van der Waals surface area contributed by atoms with Crippen LogP contribution in [0.25, 0.3) is 0 Å². The van der Waals surface area contributed by atoms with E-state index in [1.54, 1.807) is 6.07 Å². The zero-order valence-corrected chi connectivity index (χ0v) is 14.5. The number of para-hydroxylation sites is 1. The molecule has 2 rings (SSSR count). The van der Waals surface area contributed by atoms with Gasteiger partial charge in [-0.3, -0.25) is 4.79 Å². The highest BCUT2D eigenvalue weighted by Crippen LogP contribution is 2.33. The zero-order valence-electron chi connectivity index (χ0n) is 13.7. The van der Waals surface area contributed by atoms with Crippen molar-refractivity contribution in [3.05, 3.63) is 23.2 Å². The van der Waals surface area contributed by atoms with E-state index in [1.165, 1.54) is 12.8 Å². The molecule has 0 aliphatic heterocycles. The number of hydrogen-bond acceptors (Lipinski definition) is 4. The highest BCUT2D eigenvalue weighted by Gasteiger charge is 2.28. The summed E-state index contributed by atoms with van der Waals surface area (Å²) in [7, 11) is 0. The van der Waals surface area contributed by atoms with Gasteiger partial charge in [-0.15, -0.1) is 0 Å². The van der Waals surface area contributed by atoms with Gasteiger partial charge in [0, 0.05) is 12.6 Å². The second-order valence-corrected chi connectivity index (χ2v) is 6.12. The first-order chi connectivity index (χ1) is 11.1. The van der Waals surface area contributed by atoms with Crippen molar-refractivity contribution in [3.8, 4) is 5.75 Å². The number of rotatable bonds is 10. The molecule has 0 heterocycles. The van der Waals surface area contributed by atoms with Crippen molar-refractivity contribution in [1.29, 1.82) is 0 Å². The van der Waals surface area contributed by atoms with Gasteiger partial charge in [-0.25, -0.2) is 0 Å². The maximum absolute atomic E-state index is 12.0. The van der Waals surface area contributed by atoms with Crippen LogP contribution in [0.1, 0.15) is 26.7 Å². The van der Waals surface area contributed by atoms with Crippen molar-refractivity contribution in [3.63, 3.8) is 0 Å². The van der Waals surface area contributed by atoms with E-state index in [0.717, 1.165) is 0 Å². The number of carbonyl (C=O) groups is 1. The van der Waals surface area contributed by atoms with Gasteiger partial charge in [0.05, 0.1) is 23.9 Å². The van der Waals surface area contributed by atoms with Crippen LogP contribution in [0.2, 0.25) is 5.02 Å². The molecule has 0 bridgehead atoms. The molecule has 1 saturated carbocycles. The predicted octanol–water partition coefficient (Wildman–Crippen LogP) is 3.08. The minimum atomic E-state index is -0.0235. The molecule has 5 nitrogen and oxygen atoms in total. The molecule has 1 aromatic carbocycles. The molecule has 1 atom stereocenters. The standard InChI is InChI=1S/C17H25ClN2O3/c1-3-22-9-10-23-17-14(18)5-4-6-15(17)19-11-16(21)20-12(2)13-7-8-13/h4-6,12-13,19H,3,7-11H2,1-2H3,(H,20,21). The van der Waals surface area contributed by atoms with Crippen molar-refractivity contribution >= 4 is 23.2 Å². The Morgan fingerprint density at radius 3 is 2.87 bits per heavy atom. The van der Waals surface area contributed by atoms with Gasteiger partial charge in [-0.1, -0.05) is 17.7 Å². The van der Waals surface area contributed by atoms with Gasteiger partial charge in [-0.2, -0.15) is 0 Å². The summed E-state index contributed by atoms with van der Waals surface area (Å²) >= 11 is 6.19. The summed E-state index contributed by atoms with van der Waals surface area (Å²) in [6.45, 7) is 5.74. The maximum Gasteiger partial charge on any atom is 0.239 e. The molecule has 23 heavy (non-hydrogen) atoms. The summed E-state index contributed by atoms with van der Waals surface area (Å²) in [5.74, 6) is 1.17. The number of halogens is 1. The van der Waals surface area contributed by atoms with Crippen LogP contribution in [-0.4, -0.2) is 38.3 Å². The van der Waals surface area contributed by atoms with E-state index < -0.39 is 0 Å². The number of carbonyl (C=O) groups excluding carboxylic acids is 1.